The Morgan fingerprint density at radius 3 is 2.24 bits per heavy atom. The summed E-state index contributed by atoms with van der Waals surface area (Å²) in [6, 6.07) is 7.00. The van der Waals surface area contributed by atoms with E-state index in [2.05, 4.69) is 5.32 Å². The van der Waals surface area contributed by atoms with Crippen molar-refractivity contribution >= 4 is 33.0 Å². The molecule has 0 heterocycles. The number of carbonyl (C=O) groups is 1. The Morgan fingerprint density at radius 1 is 1.17 bits per heavy atom. The number of nitrogens with zero attached hydrogens (tertiary/aromatic N) is 2. The van der Waals surface area contributed by atoms with E-state index in [1.807, 2.05) is 0 Å². The van der Waals surface area contributed by atoms with E-state index in [1.165, 1.54) is 19.1 Å². The summed E-state index contributed by atoms with van der Waals surface area (Å²) in [5.41, 5.74) is -1.34. The molecule has 2 aromatic carbocycles. The second-order valence-electron chi connectivity index (χ2n) is 6.08. The minimum atomic E-state index is -4.54. The van der Waals surface area contributed by atoms with Gasteiger partial charge in [-0.25, -0.2) is 8.42 Å². The first kappa shape index (κ1) is 22.1. The van der Waals surface area contributed by atoms with Crippen LogP contribution in [0.3, 0.4) is 0 Å². The maximum absolute atomic E-state index is 12.6. The molecular weight excluding hydrogens is 415 g/mol. The van der Waals surface area contributed by atoms with Gasteiger partial charge < -0.3 is 5.32 Å². The maximum Gasteiger partial charge on any atom is 0.416 e. The molecule has 8 nitrogen and oxygen atoms in total. The second-order valence-corrected chi connectivity index (χ2v) is 7.94. The summed E-state index contributed by atoms with van der Waals surface area (Å²) in [6.45, 7) is 1.25. The van der Waals surface area contributed by atoms with Crippen LogP contribution in [-0.4, -0.2) is 31.5 Å². The number of hydrogen-bond acceptors (Lipinski definition) is 5. The number of anilines is 2. The van der Waals surface area contributed by atoms with E-state index in [0.29, 0.717) is 4.31 Å². The number of carbonyl (C=O) groups excluding carboxylic acids is 1. The molecule has 0 unspecified atom stereocenters. The van der Waals surface area contributed by atoms with E-state index >= 15 is 0 Å². The number of alkyl halides is 3. The first-order valence-corrected chi connectivity index (χ1v) is 9.87. The molecule has 0 aliphatic rings. The first-order chi connectivity index (χ1) is 13.3. The lowest BCUT2D eigenvalue weighted by molar-refractivity contribution is -0.384. The van der Waals surface area contributed by atoms with E-state index in [-0.39, 0.29) is 17.1 Å². The zero-order valence-corrected chi connectivity index (χ0v) is 16.0. The Hall–Kier alpha value is -3.15. The molecule has 1 atom stereocenters. The predicted molar refractivity (Wildman–Crippen MR) is 100.0 cm³/mol. The number of nitrogens with one attached hydrogen (secondary N) is 1. The van der Waals surface area contributed by atoms with E-state index in [4.69, 9.17) is 0 Å². The topological polar surface area (TPSA) is 110 Å². The molecule has 1 amide bonds. The summed E-state index contributed by atoms with van der Waals surface area (Å²) in [5, 5.41) is 13.3. The quantitative estimate of drug-likeness (QED) is 0.557. The summed E-state index contributed by atoms with van der Waals surface area (Å²) in [7, 11) is -4.02. The van der Waals surface area contributed by atoms with Crippen molar-refractivity contribution in [2.75, 3.05) is 15.9 Å². The molecule has 0 fully saturated rings. The predicted octanol–water partition coefficient (Wildman–Crippen LogP) is 3.41. The maximum atomic E-state index is 12.6. The van der Waals surface area contributed by atoms with Crippen molar-refractivity contribution in [3.05, 3.63) is 64.2 Å². The number of nitro benzene ring substituents is 1. The van der Waals surface area contributed by atoms with Gasteiger partial charge in [0.25, 0.3) is 5.69 Å². The van der Waals surface area contributed by atoms with Gasteiger partial charge in [-0.1, -0.05) is 6.07 Å². The van der Waals surface area contributed by atoms with Gasteiger partial charge in [-0.3, -0.25) is 19.2 Å². The van der Waals surface area contributed by atoms with Gasteiger partial charge in [-0.15, -0.1) is 0 Å². The fourth-order valence-electron chi connectivity index (χ4n) is 2.54. The highest BCUT2D eigenvalue weighted by molar-refractivity contribution is 7.92. The van der Waals surface area contributed by atoms with Gasteiger partial charge in [0.05, 0.1) is 22.4 Å². The number of non-ortho nitro benzene ring substituents is 1. The molecule has 0 spiro atoms. The third-order valence-corrected chi connectivity index (χ3v) is 5.10. The molecule has 0 radical (unpaired) electrons. The van der Waals surface area contributed by atoms with E-state index in [1.54, 1.807) is 0 Å². The van der Waals surface area contributed by atoms with Crippen molar-refractivity contribution in [3.63, 3.8) is 0 Å². The van der Waals surface area contributed by atoms with Crippen LogP contribution in [0.4, 0.5) is 30.2 Å². The van der Waals surface area contributed by atoms with Crippen molar-refractivity contribution in [1.82, 2.24) is 0 Å². The van der Waals surface area contributed by atoms with E-state index < -0.39 is 38.6 Å². The Bertz CT molecular complexity index is 1020. The van der Waals surface area contributed by atoms with Crippen molar-refractivity contribution < 1.29 is 31.3 Å². The number of hydrogen-bond donors (Lipinski definition) is 1. The summed E-state index contributed by atoms with van der Waals surface area (Å²) in [4.78, 5) is 22.7. The van der Waals surface area contributed by atoms with Gasteiger partial charge in [0.2, 0.25) is 15.9 Å². The van der Waals surface area contributed by atoms with E-state index in [0.717, 1.165) is 42.7 Å². The second kappa shape index (κ2) is 8.07. The molecule has 2 aromatic rings. The molecule has 0 bridgehead atoms. The number of halogens is 3. The number of benzene rings is 2. The molecule has 1 N–H and O–H groups in total. The monoisotopic (exact) mass is 431 g/mol. The minimum Gasteiger partial charge on any atom is -0.324 e. The lowest BCUT2D eigenvalue weighted by atomic mass is 10.2. The number of nitro groups is 1. The minimum absolute atomic E-state index is 0.0299. The van der Waals surface area contributed by atoms with E-state index in [9.17, 15) is 36.5 Å². The number of rotatable bonds is 6. The van der Waals surface area contributed by atoms with Crippen LogP contribution in [0.2, 0.25) is 0 Å². The van der Waals surface area contributed by atoms with Crippen molar-refractivity contribution in [2.24, 2.45) is 0 Å². The first-order valence-electron chi connectivity index (χ1n) is 8.02. The van der Waals surface area contributed by atoms with Gasteiger partial charge in [-0.2, -0.15) is 13.2 Å². The SMILES string of the molecule is C[C@@H](C(=O)Nc1ccc(C(F)(F)F)cc1)N(c1cccc([N+](=O)[O-])c1)S(C)(=O)=O. The number of amides is 1. The molecule has 156 valence electrons. The summed E-state index contributed by atoms with van der Waals surface area (Å²) in [6.07, 6.45) is -3.71. The third kappa shape index (κ3) is 5.44. The summed E-state index contributed by atoms with van der Waals surface area (Å²) >= 11 is 0. The molecule has 0 saturated heterocycles. The Balaban J connectivity index is 2.30. The van der Waals surface area contributed by atoms with Crippen LogP contribution in [0, 0.1) is 10.1 Å². The molecule has 0 aliphatic carbocycles. The third-order valence-electron chi connectivity index (χ3n) is 3.86. The van der Waals surface area contributed by atoms with Crippen LogP contribution in [0.5, 0.6) is 0 Å². The molecule has 0 aromatic heterocycles. The zero-order chi connectivity index (χ0) is 22.0. The van der Waals surface area contributed by atoms with Gasteiger partial charge in [0, 0.05) is 17.8 Å². The molecule has 29 heavy (non-hydrogen) atoms. The fourth-order valence-corrected chi connectivity index (χ4v) is 3.71. The van der Waals surface area contributed by atoms with Gasteiger partial charge in [-0.05, 0) is 37.3 Å². The smallest absolute Gasteiger partial charge is 0.324 e. The van der Waals surface area contributed by atoms with Crippen LogP contribution in [0.25, 0.3) is 0 Å². The Labute approximate surface area is 164 Å². The Kier molecular flexibility index (Phi) is 6.16. The molecular formula is C17H16F3N3O5S. The normalized spacial score (nSPS) is 12.9. The molecule has 0 saturated carbocycles. The summed E-state index contributed by atoms with van der Waals surface area (Å²) in [5.74, 6) is -0.832. The summed E-state index contributed by atoms with van der Waals surface area (Å²) < 4.78 is 63.0. The lowest BCUT2D eigenvalue weighted by Crippen LogP contribution is -2.45. The highest BCUT2D eigenvalue weighted by Crippen LogP contribution is 2.30. The largest absolute Gasteiger partial charge is 0.416 e. The van der Waals surface area contributed by atoms with Crippen LogP contribution in [0.15, 0.2) is 48.5 Å². The van der Waals surface area contributed by atoms with Crippen LogP contribution < -0.4 is 9.62 Å². The van der Waals surface area contributed by atoms with Gasteiger partial charge >= 0.3 is 6.18 Å². The van der Waals surface area contributed by atoms with Crippen molar-refractivity contribution in [1.29, 1.82) is 0 Å². The van der Waals surface area contributed by atoms with Crippen molar-refractivity contribution in [2.45, 2.75) is 19.1 Å². The molecule has 0 aliphatic heterocycles. The lowest BCUT2D eigenvalue weighted by Gasteiger charge is -2.28. The fraction of sp³-hybridized carbons (Fsp3) is 0.235. The average molecular weight is 431 g/mol. The standard InChI is InChI=1S/C17H16F3N3O5S/c1-11(16(24)21-13-8-6-12(7-9-13)17(18,19)20)22(29(2,27)28)14-4-3-5-15(10-14)23(25)26/h3-11H,1-2H3,(H,21,24)/t11-/m0/s1. The molecule has 2 rings (SSSR count). The number of sulfonamides is 1. The van der Waals surface area contributed by atoms with Crippen LogP contribution >= 0.6 is 0 Å². The van der Waals surface area contributed by atoms with Crippen LogP contribution in [-0.2, 0) is 21.0 Å². The average Bonchev–Trinajstić information content (AvgIpc) is 2.60. The van der Waals surface area contributed by atoms with Gasteiger partial charge in [0.15, 0.2) is 0 Å². The zero-order valence-electron chi connectivity index (χ0n) is 15.2. The molecule has 12 heteroatoms. The van der Waals surface area contributed by atoms with Crippen LogP contribution in [0.1, 0.15) is 12.5 Å². The van der Waals surface area contributed by atoms with Crippen molar-refractivity contribution in [3.8, 4) is 0 Å². The highest BCUT2D eigenvalue weighted by Gasteiger charge is 2.31. The Morgan fingerprint density at radius 2 is 1.76 bits per heavy atom. The highest BCUT2D eigenvalue weighted by atomic mass is 32.2. The van der Waals surface area contributed by atoms with Gasteiger partial charge in [0.1, 0.15) is 6.04 Å².